The summed E-state index contributed by atoms with van der Waals surface area (Å²) in [5.41, 5.74) is 1.89. The average molecular weight is 297 g/mol. The summed E-state index contributed by atoms with van der Waals surface area (Å²) in [5.74, 6) is 0.887. The van der Waals surface area contributed by atoms with Crippen LogP contribution in [0.2, 0.25) is 0 Å². The Morgan fingerprint density at radius 2 is 2.05 bits per heavy atom. The summed E-state index contributed by atoms with van der Waals surface area (Å²) >= 11 is 0. The van der Waals surface area contributed by atoms with E-state index in [1.54, 1.807) is 18.6 Å². The highest BCUT2D eigenvalue weighted by molar-refractivity contribution is 5.78. The maximum Gasteiger partial charge on any atom is 0.223 e. The Bertz CT molecular complexity index is 631. The number of carbonyl (C=O) groups excluding carboxylic acids is 1. The van der Waals surface area contributed by atoms with E-state index in [1.807, 2.05) is 23.1 Å². The van der Waals surface area contributed by atoms with Crippen LogP contribution >= 0.6 is 0 Å². The molecular formula is C16H19N5O. The van der Waals surface area contributed by atoms with Crippen LogP contribution in [0.3, 0.4) is 0 Å². The van der Waals surface area contributed by atoms with Crippen molar-refractivity contribution in [1.29, 1.82) is 0 Å². The van der Waals surface area contributed by atoms with E-state index in [-0.39, 0.29) is 5.91 Å². The predicted molar refractivity (Wildman–Crippen MR) is 84.2 cm³/mol. The van der Waals surface area contributed by atoms with Crippen LogP contribution in [0.15, 0.2) is 36.8 Å². The van der Waals surface area contributed by atoms with E-state index in [4.69, 9.17) is 0 Å². The number of nitrogens with one attached hydrogen (secondary N) is 1. The molecule has 0 unspecified atom stereocenters. The van der Waals surface area contributed by atoms with Crippen LogP contribution in [0.25, 0.3) is 11.3 Å². The smallest absolute Gasteiger partial charge is 0.223 e. The Hall–Kier alpha value is -2.50. The molecule has 0 bridgehead atoms. The second kappa shape index (κ2) is 6.98. The molecule has 0 saturated carbocycles. The van der Waals surface area contributed by atoms with Gasteiger partial charge in [0, 0.05) is 50.2 Å². The Kier molecular flexibility index (Phi) is 4.58. The molecule has 0 spiro atoms. The van der Waals surface area contributed by atoms with E-state index < -0.39 is 0 Å². The van der Waals surface area contributed by atoms with Gasteiger partial charge in [-0.15, -0.1) is 0 Å². The summed E-state index contributed by atoms with van der Waals surface area (Å²) in [6.07, 6.45) is 7.83. The molecule has 2 aromatic heterocycles. The monoisotopic (exact) mass is 297 g/mol. The molecular weight excluding hydrogens is 278 g/mol. The Balaban J connectivity index is 1.52. The van der Waals surface area contributed by atoms with Crippen LogP contribution < -0.4 is 5.32 Å². The number of carbonyl (C=O) groups is 1. The summed E-state index contributed by atoms with van der Waals surface area (Å²) in [5, 5.41) is 3.22. The third-order valence-corrected chi connectivity index (χ3v) is 3.69. The number of anilines is 1. The molecule has 6 nitrogen and oxygen atoms in total. The van der Waals surface area contributed by atoms with Gasteiger partial charge < -0.3 is 10.2 Å². The minimum atomic E-state index is 0.274. The first kappa shape index (κ1) is 14.4. The lowest BCUT2D eigenvalue weighted by Gasteiger charge is -2.15. The van der Waals surface area contributed by atoms with Gasteiger partial charge in [-0.05, 0) is 31.0 Å². The zero-order chi connectivity index (χ0) is 15.2. The molecule has 1 N–H and O–H groups in total. The molecule has 0 aromatic carbocycles. The predicted octanol–water partition coefficient (Wildman–Crippen LogP) is 1.96. The molecule has 1 aliphatic heterocycles. The van der Waals surface area contributed by atoms with Crippen molar-refractivity contribution in [2.24, 2.45) is 0 Å². The van der Waals surface area contributed by atoms with Gasteiger partial charge in [0.25, 0.3) is 0 Å². The van der Waals surface area contributed by atoms with Crippen molar-refractivity contribution in [1.82, 2.24) is 19.9 Å². The van der Waals surface area contributed by atoms with Crippen molar-refractivity contribution >= 4 is 11.9 Å². The Morgan fingerprint density at radius 1 is 1.18 bits per heavy atom. The molecule has 6 heteroatoms. The highest BCUT2D eigenvalue weighted by atomic mass is 16.2. The fraction of sp³-hybridized carbons (Fsp3) is 0.375. The van der Waals surface area contributed by atoms with Crippen LogP contribution in [-0.2, 0) is 4.79 Å². The van der Waals surface area contributed by atoms with Gasteiger partial charge in [0.05, 0.1) is 5.69 Å². The van der Waals surface area contributed by atoms with E-state index in [1.165, 1.54) is 0 Å². The van der Waals surface area contributed by atoms with Crippen molar-refractivity contribution in [3.05, 3.63) is 36.8 Å². The first-order chi connectivity index (χ1) is 10.8. The lowest BCUT2D eigenvalue weighted by Crippen LogP contribution is -2.27. The molecule has 0 atom stereocenters. The number of pyridine rings is 1. The maximum absolute atomic E-state index is 11.5. The molecule has 114 valence electrons. The van der Waals surface area contributed by atoms with Crippen LogP contribution in [0.4, 0.5) is 5.95 Å². The van der Waals surface area contributed by atoms with E-state index in [9.17, 15) is 4.79 Å². The highest BCUT2D eigenvalue weighted by Crippen LogP contribution is 2.16. The van der Waals surface area contributed by atoms with Gasteiger partial charge in [-0.1, -0.05) is 0 Å². The standard InChI is InChI=1S/C16H19N5O/c22-15-3-1-11-21(15)12-2-7-18-16-19-10-6-14(20-16)13-4-8-17-9-5-13/h4-6,8-10H,1-3,7,11-12H2,(H,18,19,20). The molecule has 0 aliphatic carbocycles. The van der Waals surface area contributed by atoms with Gasteiger partial charge in [0.2, 0.25) is 11.9 Å². The number of nitrogens with zero attached hydrogens (tertiary/aromatic N) is 4. The first-order valence-electron chi connectivity index (χ1n) is 7.58. The fourth-order valence-electron chi connectivity index (χ4n) is 2.54. The normalized spacial score (nSPS) is 14.4. The van der Waals surface area contributed by atoms with Gasteiger partial charge in [-0.2, -0.15) is 0 Å². The molecule has 22 heavy (non-hydrogen) atoms. The van der Waals surface area contributed by atoms with Crippen LogP contribution in [-0.4, -0.2) is 45.4 Å². The number of rotatable bonds is 6. The van der Waals surface area contributed by atoms with E-state index >= 15 is 0 Å². The second-order valence-corrected chi connectivity index (χ2v) is 5.27. The highest BCUT2D eigenvalue weighted by Gasteiger charge is 2.18. The van der Waals surface area contributed by atoms with Crippen molar-refractivity contribution in [3.63, 3.8) is 0 Å². The van der Waals surface area contributed by atoms with Crippen molar-refractivity contribution < 1.29 is 4.79 Å². The summed E-state index contributed by atoms with van der Waals surface area (Å²) < 4.78 is 0. The van der Waals surface area contributed by atoms with Crippen molar-refractivity contribution in [2.75, 3.05) is 25.0 Å². The van der Waals surface area contributed by atoms with E-state index in [2.05, 4.69) is 20.3 Å². The lowest BCUT2D eigenvalue weighted by molar-refractivity contribution is -0.127. The van der Waals surface area contributed by atoms with Gasteiger partial charge in [-0.3, -0.25) is 9.78 Å². The molecule has 3 heterocycles. The van der Waals surface area contributed by atoms with Gasteiger partial charge in [-0.25, -0.2) is 9.97 Å². The van der Waals surface area contributed by atoms with Gasteiger partial charge in [0.1, 0.15) is 0 Å². The van der Waals surface area contributed by atoms with Crippen molar-refractivity contribution in [3.8, 4) is 11.3 Å². The largest absolute Gasteiger partial charge is 0.354 e. The molecule has 0 radical (unpaired) electrons. The first-order valence-corrected chi connectivity index (χ1v) is 7.58. The molecule has 3 rings (SSSR count). The topological polar surface area (TPSA) is 71.0 Å². The van der Waals surface area contributed by atoms with E-state index in [0.717, 1.165) is 43.7 Å². The third-order valence-electron chi connectivity index (χ3n) is 3.69. The zero-order valence-electron chi connectivity index (χ0n) is 12.4. The molecule has 2 aromatic rings. The number of aromatic nitrogens is 3. The van der Waals surface area contributed by atoms with Crippen LogP contribution in [0, 0.1) is 0 Å². The maximum atomic E-state index is 11.5. The lowest BCUT2D eigenvalue weighted by atomic mass is 10.2. The molecule has 1 amide bonds. The number of amides is 1. The van der Waals surface area contributed by atoms with Crippen molar-refractivity contribution in [2.45, 2.75) is 19.3 Å². The average Bonchev–Trinajstić information content (AvgIpc) is 2.98. The molecule has 1 saturated heterocycles. The summed E-state index contributed by atoms with van der Waals surface area (Å²) in [6, 6.07) is 5.72. The summed E-state index contributed by atoms with van der Waals surface area (Å²) in [7, 11) is 0. The third kappa shape index (κ3) is 3.58. The Labute approximate surface area is 129 Å². The number of likely N-dealkylation sites (tertiary alicyclic amines) is 1. The van der Waals surface area contributed by atoms with Crippen LogP contribution in [0.5, 0.6) is 0 Å². The minimum absolute atomic E-state index is 0.274. The quantitative estimate of drug-likeness (QED) is 0.825. The molecule has 1 aliphatic rings. The Morgan fingerprint density at radius 3 is 2.82 bits per heavy atom. The molecule has 1 fully saturated rings. The van der Waals surface area contributed by atoms with Gasteiger partial charge in [0.15, 0.2) is 0 Å². The summed E-state index contributed by atoms with van der Waals surface area (Å²) in [6.45, 7) is 2.45. The zero-order valence-corrected chi connectivity index (χ0v) is 12.4. The summed E-state index contributed by atoms with van der Waals surface area (Å²) in [4.78, 5) is 26.2. The second-order valence-electron chi connectivity index (χ2n) is 5.27. The minimum Gasteiger partial charge on any atom is -0.354 e. The van der Waals surface area contributed by atoms with Gasteiger partial charge >= 0.3 is 0 Å². The van der Waals surface area contributed by atoms with E-state index in [0.29, 0.717) is 12.4 Å². The number of hydrogen-bond donors (Lipinski definition) is 1. The fourth-order valence-corrected chi connectivity index (χ4v) is 2.54. The SMILES string of the molecule is O=C1CCCN1CCCNc1nccc(-c2ccncc2)n1. The van der Waals surface area contributed by atoms with Crippen LogP contribution in [0.1, 0.15) is 19.3 Å². The number of hydrogen-bond acceptors (Lipinski definition) is 5.